The smallest absolute Gasteiger partial charge is 0.316 e. The molecule has 3 rings (SSSR count). The number of furan rings is 1. The van der Waals surface area contributed by atoms with Gasteiger partial charge in [-0.3, -0.25) is 4.57 Å². The highest BCUT2D eigenvalue weighted by Gasteiger charge is 2.11. The van der Waals surface area contributed by atoms with Gasteiger partial charge in [0.05, 0.1) is 12.9 Å². The molecule has 0 bridgehead atoms. The van der Waals surface area contributed by atoms with E-state index in [2.05, 4.69) is 48.6 Å². The lowest BCUT2D eigenvalue weighted by Gasteiger charge is -2.10. The molecule has 0 fully saturated rings. The third-order valence-corrected chi connectivity index (χ3v) is 5.77. The van der Waals surface area contributed by atoms with Gasteiger partial charge in [-0.25, -0.2) is 0 Å². The van der Waals surface area contributed by atoms with Gasteiger partial charge in [-0.05, 0) is 48.6 Å². The summed E-state index contributed by atoms with van der Waals surface area (Å²) in [4.78, 5) is 8.67. The fourth-order valence-corrected chi connectivity index (χ4v) is 4.02. The highest BCUT2D eigenvalue weighted by molar-refractivity contribution is 7.32. The highest BCUT2D eigenvalue weighted by Crippen LogP contribution is 2.32. The molecule has 1 aromatic heterocycles. The van der Waals surface area contributed by atoms with Crippen LogP contribution < -0.4 is 5.32 Å². The molecule has 1 unspecified atom stereocenters. The van der Waals surface area contributed by atoms with Gasteiger partial charge in [-0.2, -0.15) is 0 Å². The van der Waals surface area contributed by atoms with E-state index < -0.39 is 8.25 Å². The van der Waals surface area contributed by atoms with Gasteiger partial charge >= 0.3 is 8.25 Å². The summed E-state index contributed by atoms with van der Waals surface area (Å²) in [6.07, 6.45) is 8.71. The Kier molecular flexibility index (Phi) is 9.16. The van der Waals surface area contributed by atoms with E-state index in [1.165, 1.54) is 42.4 Å². The molecular weight excluding hydrogens is 397 g/mol. The molecule has 0 amide bonds. The number of fused-ring (bicyclic) bond motifs is 1. The highest BCUT2D eigenvalue weighted by atomic mass is 31.1. The van der Waals surface area contributed by atoms with Crippen molar-refractivity contribution >= 4 is 19.2 Å². The van der Waals surface area contributed by atoms with Gasteiger partial charge < -0.3 is 19.2 Å². The Labute approximate surface area is 179 Å². The Balaban J connectivity index is 1.62. The molecule has 0 saturated carbocycles. The average molecular weight is 429 g/mol. The molecule has 1 heterocycles. The van der Waals surface area contributed by atoms with Crippen molar-refractivity contribution in [3.8, 4) is 11.1 Å². The molecule has 0 aliphatic carbocycles. The van der Waals surface area contributed by atoms with Crippen LogP contribution in [0.15, 0.2) is 53.1 Å². The first-order chi connectivity index (χ1) is 14.7. The van der Waals surface area contributed by atoms with Crippen molar-refractivity contribution in [2.45, 2.75) is 52.0 Å². The lowest BCUT2D eigenvalue weighted by molar-refractivity contribution is 0.276. The van der Waals surface area contributed by atoms with Gasteiger partial charge in [0.1, 0.15) is 5.58 Å². The first-order valence-corrected chi connectivity index (χ1v) is 12.1. The van der Waals surface area contributed by atoms with Crippen molar-refractivity contribution < 1.29 is 18.4 Å². The second-order valence-corrected chi connectivity index (χ2v) is 8.41. The Morgan fingerprint density at radius 3 is 2.63 bits per heavy atom. The maximum Gasteiger partial charge on any atom is 0.316 e. The van der Waals surface area contributed by atoms with E-state index in [0.29, 0.717) is 19.5 Å². The van der Waals surface area contributed by atoms with Gasteiger partial charge in [-0.15, -0.1) is 0 Å². The van der Waals surface area contributed by atoms with Crippen LogP contribution in [0.2, 0.25) is 0 Å². The quantitative estimate of drug-likeness (QED) is 0.254. The van der Waals surface area contributed by atoms with Crippen LogP contribution in [0.3, 0.4) is 0 Å². The zero-order chi connectivity index (χ0) is 21.2. The molecule has 5 nitrogen and oxygen atoms in total. The largest absolute Gasteiger partial charge is 0.464 e. The summed E-state index contributed by atoms with van der Waals surface area (Å²) in [6, 6.07) is 15.2. The SMILES string of the molecule is CCCCCCc1ccc(-c2ccc(CNCCCO[PH](=O)O)c3occc23)cc1. The van der Waals surface area contributed by atoms with Gasteiger partial charge in [0.2, 0.25) is 0 Å². The monoisotopic (exact) mass is 429 g/mol. The Hall–Kier alpha value is -1.91. The molecule has 0 aliphatic rings. The maximum absolute atomic E-state index is 10.5. The summed E-state index contributed by atoms with van der Waals surface area (Å²) in [5.74, 6) is 0. The number of benzene rings is 2. The molecule has 30 heavy (non-hydrogen) atoms. The van der Waals surface area contributed by atoms with Crippen molar-refractivity contribution in [2.75, 3.05) is 13.2 Å². The van der Waals surface area contributed by atoms with Crippen LogP contribution >= 0.6 is 8.25 Å². The second-order valence-electron chi connectivity index (χ2n) is 7.59. The van der Waals surface area contributed by atoms with Crippen LogP contribution in [0.5, 0.6) is 0 Å². The molecule has 3 aromatic rings. The summed E-state index contributed by atoms with van der Waals surface area (Å²) >= 11 is 0. The van der Waals surface area contributed by atoms with Crippen LogP contribution in [0.25, 0.3) is 22.1 Å². The second kappa shape index (κ2) is 12.1. The van der Waals surface area contributed by atoms with Gasteiger partial charge in [0.25, 0.3) is 0 Å². The molecule has 1 atom stereocenters. The number of hydrogen-bond donors (Lipinski definition) is 2. The van der Waals surface area contributed by atoms with Gasteiger partial charge in [-0.1, -0.05) is 62.6 Å². The predicted molar refractivity (Wildman–Crippen MR) is 123 cm³/mol. The normalized spacial score (nSPS) is 12.5. The fraction of sp³-hybridized carbons (Fsp3) is 0.417. The number of rotatable bonds is 13. The molecule has 6 heteroatoms. The van der Waals surface area contributed by atoms with E-state index in [1.807, 2.05) is 6.07 Å². The van der Waals surface area contributed by atoms with E-state index in [1.54, 1.807) is 6.26 Å². The number of unbranched alkanes of at least 4 members (excludes halogenated alkanes) is 3. The third kappa shape index (κ3) is 6.55. The lowest BCUT2D eigenvalue weighted by atomic mass is 9.97. The minimum Gasteiger partial charge on any atom is -0.464 e. The van der Waals surface area contributed by atoms with Crippen molar-refractivity contribution in [1.82, 2.24) is 5.32 Å². The molecule has 0 saturated heterocycles. The molecule has 0 radical (unpaired) electrons. The van der Waals surface area contributed by atoms with Crippen molar-refractivity contribution in [3.63, 3.8) is 0 Å². The van der Waals surface area contributed by atoms with E-state index in [4.69, 9.17) is 13.8 Å². The van der Waals surface area contributed by atoms with Crippen LogP contribution in [0.4, 0.5) is 0 Å². The van der Waals surface area contributed by atoms with Gasteiger partial charge in [0, 0.05) is 17.5 Å². The van der Waals surface area contributed by atoms with Crippen LogP contribution in [-0.2, 0) is 22.1 Å². The molecular formula is C24H32NO4P. The molecule has 0 aliphatic heterocycles. The summed E-state index contributed by atoms with van der Waals surface area (Å²) in [6.45, 7) is 3.91. The standard InChI is InChI=1S/C24H32NO4P/c1-2-3-4-5-7-19-8-10-20(11-9-19)22-13-12-21(24-23(22)14-17-28-24)18-25-15-6-16-29-30(26)27/h8-14,17,25,30H,2-7,15-16,18H2,1H3,(H,26,27). The zero-order valence-corrected chi connectivity index (χ0v) is 18.7. The predicted octanol–water partition coefficient (Wildman–Crippen LogP) is 6.10. The van der Waals surface area contributed by atoms with E-state index in [0.717, 1.165) is 23.0 Å². The maximum atomic E-state index is 10.5. The zero-order valence-electron chi connectivity index (χ0n) is 17.7. The Bertz CT molecular complexity index is 936. The lowest BCUT2D eigenvalue weighted by Crippen LogP contribution is -2.16. The van der Waals surface area contributed by atoms with Crippen LogP contribution in [0, 0.1) is 0 Å². The van der Waals surface area contributed by atoms with Crippen molar-refractivity contribution in [3.05, 3.63) is 59.9 Å². The minimum atomic E-state index is -2.83. The first kappa shape index (κ1) is 22.8. The molecule has 0 spiro atoms. The van der Waals surface area contributed by atoms with E-state index in [-0.39, 0.29) is 6.61 Å². The Morgan fingerprint density at radius 2 is 1.87 bits per heavy atom. The summed E-state index contributed by atoms with van der Waals surface area (Å²) in [7, 11) is -2.83. The third-order valence-electron chi connectivity index (χ3n) is 5.32. The minimum absolute atomic E-state index is 0.283. The average Bonchev–Trinajstić information content (AvgIpc) is 3.24. The van der Waals surface area contributed by atoms with E-state index in [9.17, 15) is 4.57 Å². The summed E-state index contributed by atoms with van der Waals surface area (Å²) in [5.41, 5.74) is 5.79. The van der Waals surface area contributed by atoms with Crippen LogP contribution in [-0.4, -0.2) is 18.0 Å². The molecule has 2 aromatic carbocycles. The molecule has 2 N–H and O–H groups in total. The topological polar surface area (TPSA) is 71.7 Å². The van der Waals surface area contributed by atoms with Gasteiger partial charge in [0.15, 0.2) is 0 Å². The first-order valence-electron chi connectivity index (χ1n) is 10.8. The Morgan fingerprint density at radius 1 is 1.03 bits per heavy atom. The number of aryl methyl sites for hydroxylation is 1. The van der Waals surface area contributed by atoms with Crippen molar-refractivity contribution in [2.24, 2.45) is 0 Å². The van der Waals surface area contributed by atoms with E-state index >= 15 is 0 Å². The summed E-state index contributed by atoms with van der Waals surface area (Å²) < 4.78 is 21.0. The number of nitrogens with one attached hydrogen (secondary N) is 1. The van der Waals surface area contributed by atoms with Crippen LogP contribution in [0.1, 0.15) is 50.2 Å². The summed E-state index contributed by atoms with van der Waals surface area (Å²) in [5, 5.41) is 4.46. The fourth-order valence-electron chi connectivity index (χ4n) is 3.70. The molecule has 162 valence electrons. The van der Waals surface area contributed by atoms with Crippen molar-refractivity contribution in [1.29, 1.82) is 0 Å². The number of hydrogen-bond acceptors (Lipinski definition) is 4.